The third-order valence-corrected chi connectivity index (χ3v) is 6.04. The molecule has 0 fully saturated rings. The van der Waals surface area contributed by atoms with Gasteiger partial charge < -0.3 is 14.2 Å². The van der Waals surface area contributed by atoms with E-state index in [1.807, 2.05) is 50.2 Å². The van der Waals surface area contributed by atoms with E-state index in [-0.39, 0.29) is 5.60 Å². The lowest BCUT2D eigenvalue weighted by Crippen LogP contribution is -2.23. The molecule has 0 radical (unpaired) electrons. The molecule has 0 saturated carbocycles. The number of rotatable bonds is 10. The van der Waals surface area contributed by atoms with Gasteiger partial charge in [0, 0.05) is 16.7 Å². The normalized spacial score (nSPS) is 14.7. The van der Waals surface area contributed by atoms with Crippen LogP contribution in [0.15, 0.2) is 89.9 Å². The molecule has 34 heavy (non-hydrogen) atoms. The molecule has 3 nitrogen and oxygen atoms in total. The Labute approximate surface area is 203 Å². The minimum absolute atomic E-state index is 0.294. The van der Waals surface area contributed by atoms with E-state index in [1.165, 1.54) is 0 Å². The smallest absolute Gasteiger partial charge is 0.129 e. The van der Waals surface area contributed by atoms with E-state index in [4.69, 9.17) is 14.2 Å². The van der Waals surface area contributed by atoms with E-state index in [1.54, 1.807) is 18.2 Å². The number of alkyl halides is 1. The molecule has 1 heterocycles. The Hall–Kier alpha value is -3.27. The zero-order chi connectivity index (χ0) is 24.7. The van der Waals surface area contributed by atoms with Crippen LogP contribution in [0.1, 0.15) is 57.7 Å². The molecular weight excluding hydrogens is 427 g/mol. The van der Waals surface area contributed by atoms with Crippen LogP contribution in [0, 0.1) is 0 Å². The Morgan fingerprint density at radius 2 is 1.88 bits per heavy atom. The van der Waals surface area contributed by atoms with Gasteiger partial charge in [-0.05, 0) is 69.0 Å². The van der Waals surface area contributed by atoms with Gasteiger partial charge in [-0.3, -0.25) is 0 Å². The number of allylic oxidation sites excluding steroid dienone is 4. The lowest BCUT2D eigenvalue weighted by molar-refractivity contribution is 0.0364. The Bertz CT molecular complexity index is 1110. The van der Waals surface area contributed by atoms with Gasteiger partial charge in [-0.25, -0.2) is 4.39 Å². The number of hydrogen-bond acceptors (Lipinski definition) is 3. The van der Waals surface area contributed by atoms with Crippen molar-refractivity contribution in [1.29, 1.82) is 0 Å². The van der Waals surface area contributed by atoms with Crippen molar-refractivity contribution in [2.45, 2.75) is 59.9 Å². The molecule has 0 aromatic heterocycles. The average molecular weight is 463 g/mol. The highest BCUT2D eigenvalue weighted by molar-refractivity contribution is 5.75. The molecule has 1 aliphatic heterocycles. The van der Waals surface area contributed by atoms with E-state index in [0.717, 1.165) is 45.8 Å². The zero-order valence-corrected chi connectivity index (χ0v) is 20.9. The highest BCUT2D eigenvalue weighted by atomic mass is 19.1. The van der Waals surface area contributed by atoms with Crippen LogP contribution in [0.2, 0.25) is 0 Å². The summed E-state index contributed by atoms with van der Waals surface area (Å²) < 4.78 is 31.9. The summed E-state index contributed by atoms with van der Waals surface area (Å²) in [5.74, 6) is 2.16. The Kier molecular flexibility index (Phi) is 8.38. The average Bonchev–Trinajstić information content (AvgIpc) is 2.86. The summed E-state index contributed by atoms with van der Waals surface area (Å²) in [5, 5.41) is 0. The van der Waals surface area contributed by atoms with Crippen LogP contribution in [-0.2, 0) is 22.8 Å². The summed E-state index contributed by atoms with van der Waals surface area (Å²) in [6, 6.07) is 15.4. The Morgan fingerprint density at radius 3 is 2.50 bits per heavy atom. The lowest BCUT2D eigenvalue weighted by Gasteiger charge is -2.28. The number of hydrogen-bond donors (Lipinski definition) is 0. The second-order valence-corrected chi connectivity index (χ2v) is 9.12. The van der Waals surface area contributed by atoms with Gasteiger partial charge >= 0.3 is 0 Å². The highest BCUT2D eigenvalue weighted by Crippen LogP contribution is 2.35. The molecule has 0 unspecified atom stereocenters. The predicted molar refractivity (Wildman–Crippen MR) is 137 cm³/mol. The van der Waals surface area contributed by atoms with Gasteiger partial charge in [0.25, 0.3) is 0 Å². The first kappa shape index (κ1) is 25.4. The Balaban J connectivity index is 1.93. The summed E-state index contributed by atoms with van der Waals surface area (Å²) in [4.78, 5) is 0. The first-order chi connectivity index (χ1) is 16.3. The first-order valence-corrected chi connectivity index (χ1v) is 11.7. The van der Waals surface area contributed by atoms with Gasteiger partial charge in [-0.2, -0.15) is 0 Å². The van der Waals surface area contributed by atoms with Crippen molar-refractivity contribution in [2.24, 2.45) is 0 Å². The molecule has 0 aliphatic carbocycles. The minimum atomic E-state index is -0.539. The van der Waals surface area contributed by atoms with Crippen LogP contribution in [0.5, 0.6) is 5.75 Å². The van der Waals surface area contributed by atoms with Crippen LogP contribution in [0.4, 0.5) is 4.39 Å². The summed E-state index contributed by atoms with van der Waals surface area (Å²) >= 11 is 0. The van der Waals surface area contributed by atoms with Crippen LogP contribution >= 0.6 is 0 Å². The maximum absolute atomic E-state index is 13.4. The topological polar surface area (TPSA) is 27.7 Å². The molecule has 2 aromatic carbocycles. The van der Waals surface area contributed by atoms with E-state index >= 15 is 0 Å². The van der Waals surface area contributed by atoms with Crippen molar-refractivity contribution in [1.82, 2.24) is 0 Å². The fraction of sp³-hybridized carbons (Fsp3) is 0.333. The fourth-order valence-corrected chi connectivity index (χ4v) is 3.71. The minimum Gasteiger partial charge on any atom is -0.488 e. The summed E-state index contributed by atoms with van der Waals surface area (Å²) in [6.45, 7) is 14.4. The van der Waals surface area contributed by atoms with Crippen LogP contribution in [0.25, 0.3) is 5.57 Å². The number of benzene rings is 2. The van der Waals surface area contributed by atoms with Crippen molar-refractivity contribution < 1.29 is 18.6 Å². The van der Waals surface area contributed by atoms with Crippen LogP contribution in [-0.4, -0.2) is 12.2 Å². The fourth-order valence-electron chi connectivity index (χ4n) is 3.71. The number of ether oxygens (including phenoxy) is 3. The first-order valence-electron chi connectivity index (χ1n) is 11.7. The summed E-state index contributed by atoms with van der Waals surface area (Å²) in [5.41, 5.74) is 5.13. The predicted octanol–water partition coefficient (Wildman–Crippen LogP) is 8.09. The molecule has 0 N–H and O–H groups in total. The van der Waals surface area contributed by atoms with Gasteiger partial charge in [0.05, 0.1) is 0 Å². The summed E-state index contributed by atoms with van der Waals surface area (Å²) in [6.07, 6.45) is 4.72. The molecule has 1 aliphatic rings. The number of halogens is 1. The highest BCUT2D eigenvalue weighted by Gasteiger charge is 2.23. The third-order valence-electron chi connectivity index (χ3n) is 6.04. The molecule has 4 heteroatoms. The van der Waals surface area contributed by atoms with Gasteiger partial charge in [-0.1, -0.05) is 56.0 Å². The van der Waals surface area contributed by atoms with Crippen LogP contribution < -0.4 is 4.74 Å². The van der Waals surface area contributed by atoms with E-state index < -0.39 is 6.67 Å². The molecule has 0 saturated heterocycles. The van der Waals surface area contributed by atoms with E-state index in [2.05, 4.69) is 33.4 Å². The molecular formula is C30H35FO3. The van der Waals surface area contributed by atoms with Crippen molar-refractivity contribution in [3.8, 4) is 5.75 Å². The standard InChI is InChI=1S/C30H35FO3/c1-7-27(34-30(5,6)8-2)22(4)29-21(3)16-25(20-33-29)26-15-14-24(18-31)17-28(26)32-19-23-12-10-9-11-13-23/h7,9-17H,1,8,18-20H2,2-6H3/b27-22+. The third kappa shape index (κ3) is 6.19. The SMILES string of the molecule is C=C/C(OC(C)(C)CC)=C(/C)C1=C(C)C=C(c2ccc(CF)cc2OCc2ccccc2)CO1. The molecule has 0 bridgehead atoms. The second kappa shape index (κ2) is 11.2. The maximum atomic E-state index is 13.4. The van der Waals surface area contributed by atoms with Crippen molar-refractivity contribution in [2.75, 3.05) is 6.61 Å². The summed E-state index contributed by atoms with van der Waals surface area (Å²) in [7, 11) is 0. The van der Waals surface area contributed by atoms with Gasteiger partial charge in [0.15, 0.2) is 0 Å². The van der Waals surface area contributed by atoms with Crippen molar-refractivity contribution in [3.63, 3.8) is 0 Å². The molecule has 0 amide bonds. The molecule has 3 rings (SSSR count). The van der Waals surface area contributed by atoms with Crippen molar-refractivity contribution in [3.05, 3.63) is 107 Å². The monoisotopic (exact) mass is 462 g/mol. The quantitative estimate of drug-likeness (QED) is 0.264. The van der Waals surface area contributed by atoms with E-state index in [9.17, 15) is 4.39 Å². The zero-order valence-electron chi connectivity index (χ0n) is 20.9. The van der Waals surface area contributed by atoms with Crippen LogP contribution in [0.3, 0.4) is 0 Å². The van der Waals surface area contributed by atoms with Gasteiger partial charge in [-0.15, -0.1) is 0 Å². The molecule has 0 spiro atoms. The van der Waals surface area contributed by atoms with Crippen molar-refractivity contribution >= 4 is 5.57 Å². The molecule has 180 valence electrons. The van der Waals surface area contributed by atoms with E-state index in [0.29, 0.717) is 24.5 Å². The maximum Gasteiger partial charge on any atom is 0.129 e. The second-order valence-electron chi connectivity index (χ2n) is 9.12. The largest absolute Gasteiger partial charge is 0.488 e. The lowest BCUT2D eigenvalue weighted by atomic mass is 9.97. The van der Waals surface area contributed by atoms with Gasteiger partial charge in [0.2, 0.25) is 0 Å². The van der Waals surface area contributed by atoms with Gasteiger partial charge in [0.1, 0.15) is 42.8 Å². The Morgan fingerprint density at radius 1 is 1.15 bits per heavy atom. The molecule has 2 aromatic rings. The molecule has 0 atom stereocenters.